The highest BCUT2D eigenvalue weighted by Gasteiger charge is 2.21. The molecule has 1 amide bonds. The van der Waals surface area contributed by atoms with Crippen molar-refractivity contribution in [3.05, 3.63) is 45.6 Å². The summed E-state index contributed by atoms with van der Waals surface area (Å²) in [5.74, 6) is 2.38. The van der Waals surface area contributed by atoms with Crippen LogP contribution in [0.5, 0.6) is 11.5 Å². The van der Waals surface area contributed by atoms with Crippen molar-refractivity contribution in [1.29, 1.82) is 0 Å². The van der Waals surface area contributed by atoms with Crippen molar-refractivity contribution in [2.75, 3.05) is 40.9 Å². The molecule has 164 valence electrons. The molecule has 0 radical (unpaired) electrons. The summed E-state index contributed by atoms with van der Waals surface area (Å²) in [5, 5.41) is 8.25. The number of thiophene rings is 1. The lowest BCUT2D eigenvalue weighted by Crippen LogP contribution is -2.44. The number of amides is 1. The van der Waals surface area contributed by atoms with Gasteiger partial charge in [-0.2, -0.15) is 0 Å². The number of nitrogens with one attached hydrogen (secondary N) is 2. The minimum atomic E-state index is -0.0126. The monoisotopic (exact) mass is 544 g/mol. The molecule has 0 saturated heterocycles. The minimum Gasteiger partial charge on any atom is -0.493 e. The lowest BCUT2D eigenvalue weighted by molar-refractivity contribution is 0.0957. The Labute approximate surface area is 198 Å². The summed E-state index contributed by atoms with van der Waals surface area (Å²) in [6.07, 6.45) is 1.75. The molecule has 1 aliphatic rings. The zero-order chi connectivity index (χ0) is 20.6. The standard InChI is InChI=1S/C21H28N4O3S.HI/c1-22-21(24-9-5-8-23-20(26)19-6-4-11-29-19)25-10-7-15-12-17(27-2)18(28-3)13-16(15)14-25;/h4,6,11-13H,5,7-10,14H2,1-3H3,(H,22,24)(H,23,26);1H. The Morgan fingerprint density at radius 2 is 1.87 bits per heavy atom. The van der Waals surface area contributed by atoms with Crippen molar-refractivity contribution in [2.45, 2.75) is 19.4 Å². The first-order chi connectivity index (χ1) is 14.2. The first kappa shape index (κ1) is 24.3. The van der Waals surface area contributed by atoms with E-state index in [9.17, 15) is 4.79 Å². The van der Waals surface area contributed by atoms with E-state index in [0.29, 0.717) is 6.54 Å². The van der Waals surface area contributed by atoms with Crippen LogP contribution in [0.1, 0.15) is 27.2 Å². The van der Waals surface area contributed by atoms with Crippen LogP contribution in [0.2, 0.25) is 0 Å². The van der Waals surface area contributed by atoms with Gasteiger partial charge in [0.2, 0.25) is 0 Å². The molecular weight excluding hydrogens is 515 g/mol. The van der Waals surface area contributed by atoms with Gasteiger partial charge in [0.25, 0.3) is 5.91 Å². The maximum Gasteiger partial charge on any atom is 0.261 e. The highest BCUT2D eigenvalue weighted by atomic mass is 127. The fourth-order valence-corrected chi connectivity index (χ4v) is 4.02. The highest BCUT2D eigenvalue weighted by molar-refractivity contribution is 14.0. The molecule has 2 N–H and O–H groups in total. The van der Waals surface area contributed by atoms with E-state index in [1.54, 1.807) is 21.3 Å². The van der Waals surface area contributed by atoms with Gasteiger partial charge < -0.3 is 25.0 Å². The fraction of sp³-hybridized carbons (Fsp3) is 0.429. The average molecular weight is 544 g/mol. The Balaban J connectivity index is 0.00000320. The Morgan fingerprint density at radius 3 is 2.50 bits per heavy atom. The molecule has 0 bridgehead atoms. The summed E-state index contributed by atoms with van der Waals surface area (Å²) < 4.78 is 10.8. The van der Waals surface area contributed by atoms with E-state index < -0.39 is 0 Å². The first-order valence-corrected chi connectivity index (χ1v) is 10.5. The van der Waals surface area contributed by atoms with Crippen molar-refractivity contribution in [1.82, 2.24) is 15.5 Å². The normalized spacial score (nSPS) is 13.2. The number of hydrogen-bond donors (Lipinski definition) is 2. The molecule has 9 heteroatoms. The van der Waals surface area contributed by atoms with Crippen LogP contribution in [0.15, 0.2) is 34.6 Å². The number of nitrogens with zero attached hydrogens (tertiary/aromatic N) is 2. The van der Waals surface area contributed by atoms with E-state index >= 15 is 0 Å². The molecule has 0 atom stereocenters. The van der Waals surface area contributed by atoms with Gasteiger partial charge in [-0.15, -0.1) is 35.3 Å². The summed E-state index contributed by atoms with van der Waals surface area (Å²) >= 11 is 1.45. The van der Waals surface area contributed by atoms with Crippen LogP contribution in [0.4, 0.5) is 0 Å². The fourth-order valence-electron chi connectivity index (χ4n) is 3.38. The van der Waals surface area contributed by atoms with Crippen LogP contribution in [0.25, 0.3) is 0 Å². The van der Waals surface area contributed by atoms with Crippen molar-refractivity contribution < 1.29 is 14.3 Å². The topological polar surface area (TPSA) is 75.2 Å². The molecular formula is C21H29IN4O3S. The van der Waals surface area contributed by atoms with E-state index in [-0.39, 0.29) is 29.9 Å². The minimum absolute atomic E-state index is 0. The second-order valence-corrected chi connectivity index (χ2v) is 7.66. The van der Waals surface area contributed by atoms with Gasteiger partial charge in [-0.3, -0.25) is 9.79 Å². The molecule has 1 aliphatic heterocycles. The number of hydrogen-bond acceptors (Lipinski definition) is 5. The van der Waals surface area contributed by atoms with E-state index in [0.717, 1.165) is 54.8 Å². The van der Waals surface area contributed by atoms with E-state index in [1.165, 1.54) is 22.5 Å². The molecule has 0 spiro atoms. The highest BCUT2D eigenvalue weighted by Crippen LogP contribution is 2.33. The number of guanidine groups is 1. The molecule has 2 heterocycles. The second kappa shape index (κ2) is 12.0. The zero-order valence-electron chi connectivity index (χ0n) is 17.6. The van der Waals surface area contributed by atoms with E-state index in [4.69, 9.17) is 9.47 Å². The number of fused-ring (bicyclic) bond motifs is 1. The number of carbonyl (C=O) groups excluding carboxylic acids is 1. The lowest BCUT2D eigenvalue weighted by atomic mass is 9.99. The quantitative estimate of drug-likeness (QED) is 0.243. The number of ether oxygens (including phenoxy) is 2. The molecule has 3 rings (SSSR count). The zero-order valence-corrected chi connectivity index (χ0v) is 20.7. The number of aliphatic imine (C=N–C) groups is 1. The van der Waals surface area contributed by atoms with Crippen LogP contribution in [-0.2, 0) is 13.0 Å². The molecule has 0 saturated carbocycles. The number of methoxy groups -OCH3 is 2. The summed E-state index contributed by atoms with van der Waals surface area (Å²) in [5.41, 5.74) is 2.51. The van der Waals surface area contributed by atoms with Crippen molar-refractivity contribution in [2.24, 2.45) is 4.99 Å². The summed E-state index contributed by atoms with van der Waals surface area (Å²) in [7, 11) is 5.11. The van der Waals surface area contributed by atoms with Crippen LogP contribution in [0, 0.1) is 0 Å². The molecule has 0 fully saturated rings. The molecule has 0 aliphatic carbocycles. The maximum atomic E-state index is 11.9. The predicted molar refractivity (Wildman–Crippen MR) is 132 cm³/mol. The largest absolute Gasteiger partial charge is 0.493 e. The smallest absolute Gasteiger partial charge is 0.261 e. The predicted octanol–water partition coefficient (Wildman–Crippen LogP) is 3.14. The Morgan fingerprint density at radius 1 is 1.17 bits per heavy atom. The first-order valence-electron chi connectivity index (χ1n) is 9.67. The third-order valence-corrected chi connectivity index (χ3v) is 5.77. The molecule has 1 aromatic carbocycles. The Bertz CT molecular complexity index is 858. The van der Waals surface area contributed by atoms with Gasteiger partial charge in [0.15, 0.2) is 17.5 Å². The van der Waals surface area contributed by atoms with Gasteiger partial charge in [0.05, 0.1) is 19.1 Å². The van der Waals surface area contributed by atoms with Crippen LogP contribution in [0.3, 0.4) is 0 Å². The van der Waals surface area contributed by atoms with Gasteiger partial charge in [-0.1, -0.05) is 6.07 Å². The summed E-state index contributed by atoms with van der Waals surface area (Å²) in [6, 6.07) is 7.83. The third-order valence-electron chi connectivity index (χ3n) is 4.90. The van der Waals surface area contributed by atoms with Crippen molar-refractivity contribution in [3.8, 4) is 11.5 Å². The second-order valence-electron chi connectivity index (χ2n) is 6.71. The number of rotatable bonds is 7. The van der Waals surface area contributed by atoms with Crippen LogP contribution in [-0.4, -0.2) is 57.7 Å². The van der Waals surface area contributed by atoms with Crippen molar-refractivity contribution in [3.63, 3.8) is 0 Å². The van der Waals surface area contributed by atoms with Gasteiger partial charge in [-0.25, -0.2) is 0 Å². The molecule has 2 aromatic rings. The Kier molecular flexibility index (Phi) is 9.70. The average Bonchev–Trinajstić information content (AvgIpc) is 3.29. The van der Waals surface area contributed by atoms with Gasteiger partial charge in [-0.05, 0) is 47.5 Å². The van der Waals surface area contributed by atoms with Crippen molar-refractivity contribution >= 4 is 47.2 Å². The lowest BCUT2D eigenvalue weighted by Gasteiger charge is -2.32. The molecule has 1 aromatic heterocycles. The van der Waals surface area contributed by atoms with E-state index in [2.05, 4.69) is 26.6 Å². The van der Waals surface area contributed by atoms with Gasteiger partial charge in [0, 0.05) is 33.2 Å². The molecule has 30 heavy (non-hydrogen) atoms. The van der Waals surface area contributed by atoms with Crippen LogP contribution >= 0.6 is 35.3 Å². The molecule has 7 nitrogen and oxygen atoms in total. The summed E-state index contributed by atoms with van der Waals surface area (Å²) in [4.78, 5) is 19.4. The van der Waals surface area contributed by atoms with Crippen LogP contribution < -0.4 is 20.1 Å². The number of benzene rings is 1. The van der Waals surface area contributed by atoms with E-state index in [1.807, 2.05) is 23.6 Å². The Hall–Kier alpha value is -2.01. The number of carbonyl (C=O) groups is 1. The van der Waals surface area contributed by atoms with Gasteiger partial charge in [0.1, 0.15) is 0 Å². The summed E-state index contributed by atoms with van der Waals surface area (Å²) in [6.45, 7) is 3.02. The molecule has 0 unspecified atom stereocenters. The van der Waals surface area contributed by atoms with Gasteiger partial charge >= 0.3 is 0 Å². The maximum absolute atomic E-state index is 11.9. The number of halogens is 1. The third kappa shape index (κ3) is 6.00. The SMILES string of the molecule is CN=C(NCCCNC(=O)c1cccs1)N1CCc2cc(OC)c(OC)cc2C1.I.